The predicted octanol–water partition coefficient (Wildman–Crippen LogP) is 5.99. The summed E-state index contributed by atoms with van der Waals surface area (Å²) in [6, 6.07) is 22.2. The van der Waals surface area contributed by atoms with Crippen LogP contribution in [0.25, 0.3) is 16.9 Å². The molecule has 1 aliphatic heterocycles. The fourth-order valence-electron chi connectivity index (χ4n) is 4.83. The number of thioether (sulfide) groups is 1. The topological polar surface area (TPSA) is 67.2 Å². The van der Waals surface area contributed by atoms with Crippen LogP contribution in [0.1, 0.15) is 40.8 Å². The second kappa shape index (κ2) is 11.5. The van der Waals surface area contributed by atoms with Gasteiger partial charge in [0.05, 0.1) is 22.4 Å². The molecule has 1 aliphatic rings. The molecule has 3 aromatic carbocycles. The van der Waals surface area contributed by atoms with E-state index in [0.29, 0.717) is 12.4 Å². The highest BCUT2D eigenvalue weighted by atomic mass is 32.2. The van der Waals surface area contributed by atoms with E-state index in [1.165, 1.54) is 23.9 Å². The van der Waals surface area contributed by atoms with E-state index >= 15 is 0 Å². The zero-order valence-corrected chi connectivity index (χ0v) is 23.1. The van der Waals surface area contributed by atoms with Crippen molar-refractivity contribution in [1.29, 1.82) is 0 Å². The van der Waals surface area contributed by atoms with Gasteiger partial charge in [-0.25, -0.2) is 9.07 Å². The molecule has 1 N–H and O–H groups in total. The molecule has 0 radical (unpaired) electrons. The number of anilines is 1. The normalized spacial score (nSPS) is 15.1. The fourth-order valence-corrected chi connectivity index (χ4v) is 6.02. The number of aryl methyl sites for hydroxylation is 1. The standard InChI is InChI=1S/C31H31FN4O2S/c1-4-17-33-26(37)18-35-27(38)19-39-30(23-13-15-24(32)16-14-23)28-29(22-10-6-5-7-11-22)34-36(31(28)35)25-12-8-9-20(2)21(25)3/h5-16,30H,4,17-19H2,1-3H3,(H,33,37)/t30-/m0/s1. The Kier molecular flexibility index (Phi) is 7.84. The number of hydrogen-bond donors (Lipinski definition) is 1. The first kappa shape index (κ1) is 26.7. The van der Waals surface area contributed by atoms with Gasteiger partial charge in [-0.2, -0.15) is 5.10 Å². The Morgan fingerprint density at radius 2 is 1.79 bits per heavy atom. The van der Waals surface area contributed by atoms with Crippen LogP contribution in [0.2, 0.25) is 0 Å². The second-order valence-electron chi connectivity index (χ2n) is 9.66. The molecule has 0 fully saturated rings. The largest absolute Gasteiger partial charge is 0.355 e. The van der Waals surface area contributed by atoms with Gasteiger partial charge in [-0.3, -0.25) is 14.5 Å². The van der Waals surface area contributed by atoms with Crippen LogP contribution in [0.15, 0.2) is 72.8 Å². The number of nitrogens with zero attached hydrogens (tertiary/aromatic N) is 3. The Morgan fingerprint density at radius 3 is 2.51 bits per heavy atom. The number of carbonyl (C=O) groups excluding carboxylic acids is 2. The van der Waals surface area contributed by atoms with Crippen LogP contribution in [0.4, 0.5) is 10.2 Å². The van der Waals surface area contributed by atoms with E-state index in [2.05, 4.69) is 5.32 Å². The van der Waals surface area contributed by atoms with E-state index in [0.717, 1.165) is 45.6 Å². The van der Waals surface area contributed by atoms with Gasteiger partial charge in [0.15, 0.2) is 0 Å². The molecular weight excluding hydrogens is 511 g/mol. The summed E-state index contributed by atoms with van der Waals surface area (Å²) in [6.45, 7) is 6.47. The summed E-state index contributed by atoms with van der Waals surface area (Å²) in [6.07, 6.45) is 0.798. The number of fused-ring (bicyclic) bond motifs is 1. The first-order valence-electron chi connectivity index (χ1n) is 13.1. The summed E-state index contributed by atoms with van der Waals surface area (Å²) in [4.78, 5) is 28.3. The van der Waals surface area contributed by atoms with Crippen molar-refractivity contribution in [3.05, 3.63) is 101 Å². The lowest BCUT2D eigenvalue weighted by atomic mass is 9.99. The summed E-state index contributed by atoms with van der Waals surface area (Å²) < 4.78 is 15.7. The molecule has 0 saturated heterocycles. The van der Waals surface area contributed by atoms with Crippen molar-refractivity contribution in [1.82, 2.24) is 15.1 Å². The maximum Gasteiger partial charge on any atom is 0.240 e. The summed E-state index contributed by atoms with van der Waals surface area (Å²) in [5.74, 6) is 0.00874. The van der Waals surface area contributed by atoms with Gasteiger partial charge in [0, 0.05) is 17.7 Å². The second-order valence-corrected chi connectivity index (χ2v) is 10.7. The van der Waals surface area contributed by atoms with Crippen molar-refractivity contribution in [2.75, 3.05) is 23.7 Å². The van der Waals surface area contributed by atoms with Gasteiger partial charge < -0.3 is 5.32 Å². The van der Waals surface area contributed by atoms with Crippen LogP contribution in [0.5, 0.6) is 0 Å². The Morgan fingerprint density at radius 1 is 1.05 bits per heavy atom. The molecule has 0 spiro atoms. The molecule has 200 valence electrons. The van der Waals surface area contributed by atoms with E-state index < -0.39 is 0 Å². The molecule has 0 saturated carbocycles. The molecule has 5 rings (SSSR count). The highest BCUT2D eigenvalue weighted by molar-refractivity contribution is 8.00. The Labute approximate surface area is 232 Å². The minimum absolute atomic E-state index is 0.118. The van der Waals surface area contributed by atoms with Crippen LogP contribution in [0.3, 0.4) is 0 Å². The van der Waals surface area contributed by atoms with Gasteiger partial charge in [0.1, 0.15) is 18.2 Å². The quantitative estimate of drug-likeness (QED) is 0.312. The lowest BCUT2D eigenvalue weighted by Gasteiger charge is -2.24. The van der Waals surface area contributed by atoms with E-state index in [1.807, 2.05) is 74.0 Å². The molecule has 6 nitrogen and oxygen atoms in total. The first-order valence-corrected chi connectivity index (χ1v) is 14.1. The van der Waals surface area contributed by atoms with Crippen LogP contribution in [0, 0.1) is 19.7 Å². The number of aromatic nitrogens is 2. The predicted molar refractivity (Wildman–Crippen MR) is 155 cm³/mol. The van der Waals surface area contributed by atoms with Crippen LogP contribution >= 0.6 is 11.8 Å². The third-order valence-electron chi connectivity index (χ3n) is 6.99. The van der Waals surface area contributed by atoms with Crippen molar-refractivity contribution in [3.8, 4) is 16.9 Å². The van der Waals surface area contributed by atoms with Crippen LogP contribution < -0.4 is 10.2 Å². The maximum atomic E-state index is 13.9. The zero-order chi connectivity index (χ0) is 27.5. The molecule has 1 atom stereocenters. The van der Waals surface area contributed by atoms with Gasteiger partial charge >= 0.3 is 0 Å². The number of nitrogens with one attached hydrogen (secondary N) is 1. The number of rotatable bonds is 7. The monoisotopic (exact) mass is 542 g/mol. The van der Waals surface area contributed by atoms with E-state index in [1.54, 1.807) is 17.0 Å². The van der Waals surface area contributed by atoms with E-state index in [-0.39, 0.29) is 35.2 Å². The molecule has 2 heterocycles. The Hall–Kier alpha value is -3.91. The van der Waals surface area contributed by atoms with Crippen LogP contribution in [-0.4, -0.2) is 40.4 Å². The third kappa shape index (κ3) is 5.34. The molecule has 1 aromatic heterocycles. The highest BCUT2D eigenvalue weighted by Crippen LogP contribution is 2.48. The average Bonchev–Trinajstić information content (AvgIpc) is 3.26. The molecule has 2 amide bonds. The third-order valence-corrected chi connectivity index (χ3v) is 8.24. The van der Waals surface area contributed by atoms with Gasteiger partial charge in [-0.15, -0.1) is 11.8 Å². The molecule has 0 aliphatic carbocycles. The summed E-state index contributed by atoms with van der Waals surface area (Å²) in [5.41, 5.74) is 6.27. The fraction of sp³-hybridized carbons (Fsp3) is 0.258. The number of amides is 2. The minimum atomic E-state index is -0.322. The lowest BCUT2D eigenvalue weighted by molar-refractivity contribution is -0.122. The number of hydrogen-bond acceptors (Lipinski definition) is 4. The van der Waals surface area contributed by atoms with Gasteiger partial charge in [-0.05, 0) is 55.2 Å². The summed E-state index contributed by atoms with van der Waals surface area (Å²) in [7, 11) is 0. The smallest absolute Gasteiger partial charge is 0.240 e. The zero-order valence-electron chi connectivity index (χ0n) is 22.3. The van der Waals surface area contributed by atoms with Crippen molar-refractivity contribution < 1.29 is 14.0 Å². The van der Waals surface area contributed by atoms with E-state index in [4.69, 9.17) is 5.10 Å². The van der Waals surface area contributed by atoms with Gasteiger partial charge in [-0.1, -0.05) is 61.5 Å². The first-order chi connectivity index (χ1) is 18.9. The van der Waals surface area contributed by atoms with Crippen molar-refractivity contribution in [3.63, 3.8) is 0 Å². The minimum Gasteiger partial charge on any atom is -0.355 e. The molecule has 0 bridgehead atoms. The molecule has 8 heteroatoms. The number of benzene rings is 3. The molecule has 4 aromatic rings. The van der Waals surface area contributed by atoms with E-state index in [9.17, 15) is 14.0 Å². The SMILES string of the molecule is CCCNC(=O)CN1C(=O)CS[C@@H](c2ccc(F)cc2)c2c(-c3ccccc3)nn(-c3cccc(C)c3C)c21. The molecular formula is C31H31FN4O2S. The number of halogens is 1. The van der Waals surface area contributed by atoms with Crippen LogP contribution in [-0.2, 0) is 9.59 Å². The van der Waals surface area contributed by atoms with Gasteiger partial charge in [0.2, 0.25) is 11.8 Å². The molecule has 0 unspecified atom stereocenters. The lowest BCUT2D eigenvalue weighted by Crippen LogP contribution is -2.42. The number of carbonyl (C=O) groups is 2. The molecule has 39 heavy (non-hydrogen) atoms. The Bertz CT molecular complexity index is 1500. The van der Waals surface area contributed by atoms with Crippen molar-refractivity contribution >= 4 is 29.4 Å². The van der Waals surface area contributed by atoms with Gasteiger partial charge in [0.25, 0.3) is 0 Å². The maximum absolute atomic E-state index is 13.9. The van der Waals surface area contributed by atoms with Crippen molar-refractivity contribution in [2.45, 2.75) is 32.4 Å². The van der Waals surface area contributed by atoms with Crippen molar-refractivity contribution in [2.24, 2.45) is 0 Å². The Balaban J connectivity index is 1.81. The average molecular weight is 543 g/mol. The highest BCUT2D eigenvalue weighted by Gasteiger charge is 2.38. The summed E-state index contributed by atoms with van der Waals surface area (Å²) in [5, 5.41) is 7.73. The summed E-state index contributed by atoms with van der Waals surface area (Å²) >= 11 is 1.47.